The number of amides is 1. The van der Waals surface area contributed by atoms with Crippen LogP contribution in [0.15, 0.2) is 47.3 Å². The smallest absolute Gasteiger partial charge is 0.342 e. The van der Waals surface area contributed by atoms with Gasteiger partial charge in [0.25, 0.3) is 5.91 Å². The van der Waals surface area contributed by atoms with Gasteiger partial charge in [0.05, 0.1) is 17.6 Å². The van der Waals surface area contributed by atoms with Crippen molar-refractivity contribution in [1.82, 2.24) is 9.97 Å². The molecule has 3 aromatic rings. The molecule has 3 rings (SSSR count). The van der Waals surface area contributed by atoms with Crippen LogP contribution in [-0.2, 0) is 9.53 Å². The van der Waals surface area contributed by atoms with Gasteiger partial charge in [0.15, 0.2) is 6.61 Å². The van der Waals surface area contributed by atoms with Crippen LogP contribution in [0.1, 0.15) is 17.3 Å². The quantitative estimate of drug-likeness (QED) is 0.586. The number of hydrogen-bond acceptors (Lipinski definition) is 5. The van der Waals surface area contributed by atoms with Crippen molar-refractivity contribution in [2.75, 3.05) is 18.5 Å². The average Bonchev–Trinajstić information content (AvgIpc) is 3.00. The fraction of sp³-hybridized carbons (Fsp3) is 0.167. The molecule has 8 heteroatoms. The normalized spacial score (nSPS) is 10.5. The van der Waals surface area contributed by atoms with Crippen molar-refractivity contribution in [3.05, 3.63) is 58.5 Å². The van der Waals surface area contributed by atoms with Gasteiger partial charge in [-0.1, -0.05) is 12.1 Å². The summed E-state index contributed by atoms with van der Waals surface area (Å²) < 4.78 is 10.4. The van der Waals surface area contributed by atoms with Crippen molar-refractivity contribution in [2.45, 2.75) is 6.92 Å². The Kier molecular flexibility index (Phi) is 5.02. The molecule has 8 nitrogen and oxygen atoms in total. The highest BCUT2D eigenvalue weighted by Gasteiger charge is 2.15. The number of aromatic amines is 2. The van der Waals surface area contributed by atoms with Crippen LogP contribution in [0.25, 0.3) is 11.0 Å². The van der Waals surface area contributed by atoms with Crippen molar-refractivity contribution >= 4 is 28.6 Å². The first kappa shape index (κ1) is 17.3. The van der Waals surface area contributed by atoms with Crippen LogP contribution in [0, 0.1) is 0 Å². The molecule has 0 fully saturated rings. The topological polar surface area (TPSA) is 113 Å². The Hall–Kier alpha value is -3.55. The highest BCUT2D eigenvalue weighted by Crippen LogP contribution is 2.19. The van der Waals surface area contributed by atoms with E-state index < -0.39 is 18.5 Å². The maximum Gasteiger partial charge on any atom is 0.342 e. The molecule has 0 radical (unpaired) electrons. The first-order valence-corrected chi connectivity index (χ1v) is 7.97. The van der Waals surface area contributed by atoms with E-state index in [0.29, 0.717) is 29.1 Å². The van der Waals surface area contributed by atoms with E-state index in [0.717, 1.165) is 0 Å². The average molecular weight is 355 g/mol. The zero-order valence-corrected chi connectivity index (χ0v) is 14.0. The van der Waals surface area contributed by atoms with Gasteiger partial charge in [-0.05, 0) is 37.3 Å². The molecule has 0 bridgehead atoms. The van der Waals surface area contributed by atoms with Crippen LogP contribution in [0.3, 0.4) is 0 Å². The summed E-state index contributed by atoms with van der Waals surface area (Å²) in [6.45, 7) is 1.78. The van der Waals surface area contributed by atoms with E-state index in [1.165, 1.54) is 0 Å². The summed E-state index contributed by atoms with van der Waals surface area (Å²) in [4.78, 5) is 40.6. The predicted octanol–water partition coefficient (Wildman–Crippen LogP) is 2.05. The largest absolute Gasteiger partial charge is 0.493 e. The van der Waals surface area contributed by atoms with Crippen molar-refractivity contribution in [1.29, 1.82) is 0 Å². The highest BCUT2D eigenvalue weighted by molar-refractivity contribution is 5.97. The molecule has 0 aliphatic rings. The van der Waals surface area contributed by atoms with Gasteiger partial charge in [0, 0.05) is 5.69 Å². The number of ether oxygens (including phenoxy) is 2. The summed E-state index contributed by atoms with van der Waals surface area (Å²) >= 11 is 0. The highest BCUT2D eigenvalue weighted by atomic mass is 16.5. The summed E-state index contributed by atoms with van der Waals surface area (Å²) in [7, 11) is 0. The maximum atomic E-state index is 12.1. The van der Waals surface area contributed by atoms with E-state index in [2.05, 4.69) is 15.3 Å². The van der Waals surface area contributed by atoms with E-state index in [4.69, 9.17) is 9.47 Å². The van der Waals surface area contributed by atoms with Crippen LogP contribution >= 0.6 is 0 Å². The second kappa shape index (κ2) is 7.56. The lowest BCUT2D eigenvalue weighted by Crippen LogP contribution is -2.21. The number of fused-ring (bicyclic) bond motifs is 1. The first-order valence-electron chi connectivity index (χ1n) is 7.97. The van der Waals surface area contributed by atoms with Crippen LogP contribution in [-0.4, -0.2) is 35.1 Å². The Bertz CT molecular complexity index is 1010. The third-order valence-corrected chi connectivity index (χ3v) is 3.54. The van der Waals surface area contributed by atoms with Gasteiger partial charge in [-0.15, -0.1) is 0 Å². The van der Waals surface area contributed by atoms with Crippen LogP contribution < -0.4 is 15.7 Å². The minimum Gasteiger partial charge on any atom is -0.493 e. The number of aromatic nitrogens is 2. The molecule has 0 aliphatic carbocycles. The molecule has 0 atom stereocenters. The molecule has 0 aliphatic heterocycles. The number of H-pyrrole nitrogens is 2. The number of carbonyl (C=O) groups excluding carboxylic acids is 2. The number of para-hydroxylation sites is 1. The van der Waals surface area contributed by atoms with Gasteiger partial charge >= 0.3 is 11.7 Å². The van der Waals surface area contributed by atoms with E-state index in [9.17, 15) is 14.4 Å². The zero-order valence-electron chi connectivity index (χ0n) is 14.0. The molecule has 0 spiro atoms. The Balaban J connectivity index is 1.61. The molecule has 0 saturated heterocycles. The summed E-state index contributed by atoms with van der Waals surface area (Å²) in [6.07, 6.45) is 0. The monoisotopic (exact) mass is 355 g/mol. The number of nitrogens with one attached hydrogen (secondary N) is 3. The lowest BCUT2D eigenvalue weighted by atomic mass is 10.2. The minimum atomic E-state index is -0.644. The number of anilines is 1. The van der Waals surface area contributed by atoms with E-state index in [-0.39, 0.29) is 11.3 Å². The summed E-state index contributed by atoms with van der Waals surface area (Å²) in [5.74, 6) is -0.735. The van der Waals surface area contributed by atoms with Gasteiger partial charge < -0.3 is 24.8 Å². The zero-order chi connectivity index (χ0) is 18.5. The van der Waals surface area contributed by atoms with Crippen LogP contribution in [0.5, 0.6) is 5.75 Å². The van der Waals surface area contributed by atoms with Gasteiger partial charge in [-0.2, -0.15) is 0 Å². The summed E-state index contributed by atoms with van der Waals surface area (Å²) in [5, 5.41) is 2.61. The van der Waals surface area contributed by atoms with Gasteiger partial charge in [0.1, 0.15) is 11.3 Å². The SMILES string of the molecule is CCOc1ccccc1C(=O)OCC(=O)Nc1ccc2[nH]c(=O)[nH]c2c1. The predicted molar refractivity (Wildman–Crippen MR) is 95.4 cm³/mol. The number of rotatable bonds is 6. The van der Waals surface area contributed by atoms with Gasteiger partial charge in [-0.25, -0.2) is 9.59 Å². The van der Waals surface area contributed by atoms with E-state index in [1.54, 1.807) is 42.5 Å². The van der Waals surface area contributed by atoms with E-state index >= 15 is 0 Å². The molecule has 0 unspecified atom stereocenters. The fourth-order valence-electron chi connectivity index (χ4n) is 2.43. The Morgan fingerprint density at radius 3 is 2.65 bits per heavy atom. The van der Waals surface area contributed by atoms with Crippen LogP contribution in [0.4, 0.5) is 5.69 Å². The Morgan fingerprint density at radius 1 is 1.08 bits per heavy atom. The third kappa shape index (κ3) is 3.92. The first-order chi connectivity index (χ1) is 12.6. The van der Waals surface area contributed by atoms with Crippen molar-refractivity contribution in [3.8, 4) is 5.75 Å². The lowest BCUT2D eigenvalue weighted by molar-refractivity contribution is -0.119. The molecule has 26 heavy (non-hydrogen) atoms. The standard InChI is InChI=1S/C18H17N3O5/c1-2-25-15-6-4-3-5-12(15)17(23)26-10-16(22)19-11-7-8-13-14(9-11)21-18(24)20-13/h3-9H,2,10H2,1H3,(H,19,22)(H2,20,21,24). The molecule has 1 heterocycles. The number of esters is 1. The molecular weight excluding hydrogens is 338 g/mol. The molecule has 134 valence electrons. The van der Waals surface area contributed by atoms with E-state index in [1.807, 2.05) is 6.92 Å². The van der Waals surface area contributed by atoms with Gasteiger partial charge in [-0.3, -0.25) is 4.79 Å². The van der Waals surface area contributed by atoms with Crippen molar-refractivity contribution in [3.63, 3.8) is 0 Å². The molecule has 1 aromatic heterocycles. The Labute approximate surface area is 148 Å². The second-order valence-electron chi connectivity index (χ2n) is 5.39. The van der Waals surface area contributed by atoms with Crippen molar-refractivity contribution in [2.24, 2.45) is 0 Å². The number of imidazole rings is 1. The van der Waals surface area contributed by atoms with Crippen LogP contribution in [0.2, 0.25) is 0 Å². The summed E-state index contributed by atoms with van der Waals surface area (Å²) in [6, 6.07) is 11.6. The van der Waals surface area contributed by atoms with Gasteiger partial charge in [0.2, 0.25) is 0 Å². The maximum absolute atomic E-state index is 12.1. The Morgan fingerprint density at radius 2 is 1.85 bits per heavy atom. The van der Waals surface area contributed by atoms with Crippen molar-refractivity contribution < 1.29 is 19.1 Å². The molecule has 3 N–H and O–H groups in total. The molecular formula is C18H17N3O5. The molecule has 0 saturated carbocycles. The summed E-state index contributed by atoms with van der Waals surface area (Å²) in [5.41, 5.74) is 1.60. The lowest BCUT2D eigenvalue weighted by Gasteiger charge is -2.10. The number of carbonyl (C=O) groups is 2. The number of hydrogen-bond donors (Lipinski definition) is 3. The fourth-order valence-corrected chi connectivity index (χ4v) is 2.43. The molecule has 2 aromatic carbocycles. The third-order valence-electron chi connectivity index (χ3n) is 3.54. The molecule has 1 amide bonds. The number of benzene rings is 2. The second-order valence-corrected chi connectivity index (χ2v) is 5.39. The minimum absolute atomic E-state index is 0.258.